The molecule has 2 atom stereocenters. The second-order valence-electron chi connectivity index (χ2n) is 3.64. The minimum Gasteiger partial charge on any atom is -0.379 e. The number of aromatic nitrogens is 2. The number of amides is 1. The van der Waals surface area contributed by atoms with Crippen molar-refractivity contribution < 1.29 is 9.53 Å². The lowest BCUT2D eigenvalue weighted by molar-refractivity contribution is -0.120. The highest BCUT2D eigenvalue weighted by Gasteiger charge is 2.31. The Hall–Kier alpha value is -1.40. The average Bonchev–Trinajstić information content (AvgIpc) is 2.76. The molecule has 0 aliphatic carbocycles. The van der Waals surface area contributed by atoms with Gasteiger partial charge in [0.2, 0.25) is 5.91 Å². The van der Waals surface area contributed by atoms with E-state index in [0.29, 0.717) is 19.0 Å². The van der Waals surface area contributed by atoms with Gasteiger partial charge >= 0.3 is 0 Å². The van der Waals surface area contributed by atoms with E-state index in [1.807, 2.05) is 0 Å². The van der Waals surface area contributed by atoms with Crippen LogP contribution in [0.15, 0.2) is 12.3 Å². The number of hydrogen-bond donors (Lipinski definition) is 2. The fraction of sp³-hybridized carbons (Fsp3) is 0.556. The predicted molar refractivity (Wildman–Crippen MR) is 54.1 cm³/mol. The van der Waals surface area contributed by atoms with Crippen molar-refractivity contribution in [2.45, 2.75) is 6.04 Å². The Labute approximate surface area is 87.4 Å². The van der Waals surface area contributed by atoms with Gasteiger partial charge in [-0.3, -0.25) is 9.48 Å². The molecule has 1 saturated heterocycles. The van der Waals surface area contributed by atoms with Crippen LogP contribution in [0, 0.1) is 5.92 Å². The standard InChI is InChI=1S/C9H14N4O2/c1-13-8(2-3-11-13)12-9(14)6-4-15-5-7(6)10/h2-3,6-7H,4-5,10H2,1H3,(H,12,14). The Kier molecular flexibility index (Phi) is 2.70. The van der Waals surface area contributed by atoms with Crippen molar-refractivity contribution in [3.63, 3.8) is 0 Å². The van der Waals surface area contributed by atoms with Crippen LogP contribution in [0.3, 0.4) is 0 Å². The van der Waals surface area contributed by atoms with Crippen LogP contribution in [0.5, 0.6) is 0 Å². The Balaban J connectivity index is 2.01. The third-order valence-electron chi connectivity index (χ3n) is 2.53. The van der Waals surface area contributed by atoms with Gasteiger partial charge in [0.1, 0.15) is 5.82 Å². The fourth-order valence-corrected chi connectivity index (χ4v) is 1.56. The van der Waals surface area contributed by atoms with Crippen molar-refractivity contribution in [1.29, 1.82) is 0 Å². The van der Waals surface area contributed by atoms with Crippen LogP contribution in [-0.2, 0) is 16.6 Å². The highest BCUT2D eigenvalue weighted by atomic mass is 16.5. The summed E-state index contributed by atoms with van der Waals surface area (Å²) in [6.07, 6.45) is 1.63. The summed E-state index contributed by atoms with van der Waals surface area (Å²) < 4.78 is 6.73. The van der Waals surface area contributed by atoms with Crippen molar-refractivity contribution in [1.82, 2.24) is 9.78 Å². The summed E-state index contributed by atoms with van der Waals surface area (Å²) >= 11 is 0. The molecule has 2 rings (SSSR count). The fourth-order valence-electron chi connectivity index (χ4n) is 1.56. The van der Waals surface area contributed by atoms with Gasteiger partial charge in [-0.05, 0) is 0 Å². The highest BCUT2D eigenvalue weighted by molar-refractivity contribution is 5.92. The monoisotopic (exact) mass is 210 g/mol. The van der Waals surface area contributed by atoms with Crippen molar-refractivity contribution >= 4 is 11.7 Å². The van der Waals surface area contributed by atoms with Crippen molar-refractivity contribution in [2.24, 2.45) is 18.7 Å². The minimum absolute atomic E-state index is 0.108. The van der Waals surface area contributed by atoms with Crippen LogP contribution < -0.4 is 11.1 Å². The predicted octanol–water partition coefficient (Wildman–Crippen LogP) is -0.668. The minimum atomic E-state index is -0.264. The van der Waals surface area contributed by atoms with Gasteiger partial charge in [-0.15, -0.1) is 0 Å². The van der Waals surface area contributed by atoms with Gasteiger partial charge in [0.05, 0.1) is 25.3 Å². The van der Waals surface area contributed by atoms with E-state index in [1.165, 1.54) is 0 Å². The van der Waals surface area contributed by atoms with Crippen LogP contribution in [-0.4, -0.2) is 34.9 Å². The van der Waals surface area contributed by atoms with Crippen molar-refractivity contribution in [3.8, 4) is 0 Å². The van der Waals surface area contributed by atoms with E-state index in [1.54, 1.807) is 24.0 Å². The second kappa shape index (κ2) is 4.00. The Bertz CT molecular complexity index is 363. The molecule has 1 aliphatic heterocycles. The Morgan fingerprint density at radius 3 is 3.07 bits per heavy atom. The zero-order valence-corrected chi connectivity index (χ0v) is 8.51. The maximum absolute atomic E-state index is 11.8. The molecule has 1 amide bonds. The first-order valence-electron chi connectivity index (χ1n) is 4.80. The van der Waals surface area contributed by atoms with E-state index in [9.17, 15) is 4.79 Å². The van der Waals surface area contributed by atoms with Gasteiger partial charge in [0, 0.05) is 19.2 Å². The quantitative estimate of drug-likeness (QED) is 0.678. The summed E-state index contributed by atoms with van der Waals surface area (Å²) in [5.74, 6) is 0.294. The van der Waals surface area contributed by atoms with E-state index in [0.717, 1.165) is 0 Å². The molecule has 0 spiro atoms. The first-order chi connectivity index (χ1) is 7.18. The van der Waals surface area contributed by atoms with Gasteiger partial charge in [0.15, 0.2) is 0 Å². The lowest BCUT2D eigenvalue weighted by atomic mass is 10.0. The summed E-state index contributed by atoms with van der Waals surface area (Å²) in [5, 5.41) is 6.72. The molecule has 6 nitrogen and oxygen atoms in total. The largest absolute Gasteiger partial charge is 0.379 e. The Morgan fingerprint density at radius 2 is 2.53 bits per heavy atom. The maximum Gasteiger partial charge on any atom is 0.232 e. The Morgan fingerprint density at radius 1 is 1.73 bits per heavy atom. The van der Waals surface area contributed by atoms with E-state index < -0.39 is 0 Å². The second-order valence-corrected chi connectivity index (χ2v) is 3.64. The number of nitrogens with zero attached hydrogens (tertiary/aromatic N) is 2. The SMILES string of the molecule is Cn1nccc1NC(=O)C1COCC1N. The summed E-state index contributed by atoms with van der Waals surface area (Å²) in [4.78, 5) is 11.8. The number of anilines is 1. The number of nitrogens with two attached hydrogens (primary N) is 1. The van der Waals surface area contributed by atoms with Gasteiger partial charge in [0.25, 0.3) is 0 Å². The smallest absolute Gasteiger partial charge is 0.232 e. The lowest BCUT2D eigenvalue weighted by Crippen LogP contribution is -2.37. The summed E-state index contributed by atoms with van der Waals surface area (Å²) in [5.41, 5.74) is 5.74. The molecule has 0 saturated carbocycles. The topological polar surface area (TPSA) is 82.2 Å². The van der Waals surface area contributed by atoms with Crippen molar-refractivity contribution in [3.05, 3.63) is 12.3 Å². The average molecular weight is 210 g/mol. The molecule has 2 heterocycles. The molecule has 1 aromatic heterocycles. The van der Waals surface area contributed by atoms with Gasteiger partial charge in [-0.2, -0.15) is 5.10 Å². The number of rotatable bonds is 2. The van der Waals surface area contributed by atoms with E-state index in [2.05, 4.69) is 10.4 Å². The molecule has 15 heavy (non-hydrogen) atoms. The summed E-state index contributed by atoms with van der Waals surface area (Å²) in [6, 6.07) is 1.53. The van der Waals surface area contributed by atoms with E-state index in [-0.39, 0.29) is 17.9 Å². The van der Waals surface area contributed by atoms with Gasteiger partial charge in [-0.1, -0.05) is 0 Å². The number of carbonyl (C=O) groups excluding carboxylic acids is 1. The first-order valence-corrected chi connectivity index (χ1v) is 4.80. The molecule has 0 bridgehead atoms. The highest BCUT2D eigenvalue weighted by Crippen LogP contribution is 2.14. The molecule has 6 heteroatoms. The van der Waals surface area contributed by atoms with E-state index >= 15 is 0 Å². The summed E-state index contributed by atoms with van der Waals surface area (Å²) in [7, 11) is 1.76. The molecule has 1 aromatic rings. The zero-order valence-electron chi connectivity index (χ0n) is 8.51. The number of nitrogens with one attached hydrogen (secondary N) is 1. The number of hydrogen-bond acceptors (Lipinski definition) is 4. The van der Waals surface area contributed by atoms with Crippen LogP contribution in [0.2, 0.25) is 0 Å². The molecule has 82 valence electrons. The van der Waals surface area contributed by atoms with Crippen LogP contribution in [0.1, 0.15) is 0 Å². The summed E-state index contributed by atoms with van der Waals surface area (Å²) in [6.45, 7) is 0.842. The number of aryl methyl sites for hydroxylation is 1. The molecule has 3 N–H and O–H groups in total. The maximum atomic E-state index is 11.8. The lowest BCUT2D eigenvalue weighted by Gasteiger charge is -2.12. The van der Waals surface area contributed by atoms with E-state index in [4.69, 9.17) is 10.5 Å². The van der Waals surface area contributed by atoms with Gasteiger partial charge in [-0.25, -0.2) is 0 Å². The molecule has 1 aliphatic rings. The molecule has 2 unspecified atom stereocenters. The number of carbonyl (C=O) groups is 1. The normalized spacial score (nSPS) is 25.5. The zero-order chi connectivity index (χ0) is 10.8. The van der Waals surface area contributed by atoms with Crippen LogP contribution in [0.4, 0.5) is 5.82 Å². The third kappa shape index (κ3) is 2.00. The molecule has 1 fully saturated rings. The first kappa shape index (κ1) is 10.1. The molecular weight excluding hydrogens is 196 g/mol. The molecular formula is C9H14N4O2. The molecule has 0 radical (unpaired) electrons. The van der Waals surface area contributed by atoms with Crippen LogP contribution >= 0.6 is 0 Å². The molecule has 0 aromatic carbocycles. The third-order valence-corrected chi connectivity index (χ3v) is 2.53. The number of ether oxygens (including phenoxy) is 1. The van der Waals surface area contributed by atoms with Crippen molar-refractivity contribution in [2.75, 3.05) is 18.5 Å². The van der Waals surface area contributed by atoms with Gasteiger partial charge < -0.3 is 15.8 Å². The van der Waals surface area contributed by atoms with Crippen LogP contribution in [0.25, 0.3) is 0 Å².